The molecule has 0 aromatic heterocycles. The van der Waals surface area contributed by atoms with Gasteiger partial charge in [0.25, 0.3) is 0 Å². The lowest BCUT2D eigenvalue weighted by molar-refractivity contribution is -0.137. The molecule has 18 heavy (non-hydrogen) atoms. The number of unbranched alkanes of at least 4 members (excludes halogenated alkanes) is 8. The van der Waals surface area contributed by atoms with E-state index in [-0.39, 0.29) is 0 Å². The standard InChI is InChI=1S/C12H24O2.BH4NO2/c1-2-3-4-5-6-7-8-9-10-11-12(13)14;2-1(3)4/h2-11H2,1H3,(H,13,14);3-4H,2H2. The molecule has 0 saturated carbocycles. The molecule has 0 radical (unpaired) electrons. The normalized spacial score (nSPS) is 9.56. The summed E-state index contributed by atoms with van der Waals surface area (Å²) in [6.07, 6.45) is 11.5. The van der Waals surface area contributed by atoms with Gasteiger partial charge in [-0.1, -0.05) is 58.3 Å². The SMILES string of the molecule is CCCCCCCCCCCC(=O)O.NB(O)O. The Hall–Kier alpha value is -0.585. The second kappa shape index (κ2) is 16.4. The highest BCUT2D eigenvalue weighted by Crippen LogP contribution is 2.10. The fraction of sp³-hybridized carbons (Fsp3) is 0.917. The molecule has 0 aromatic carbocycles. The van der Waals surface area contributed by atoms with E-state index < -0.39 is 13.2 Å². The zero-order chi connectivity index (χ0) is 14.2. The minimum Gasteiger partial charge on any atom is -0.481 e. The Balaban J connectivity index is 0. The largest absolute Gasteiger partial charge is 0.546 e. The Morgan fingerprint density at radius 1 is 0.944 bits per heavy atom. The third-order valence-corrected chi connectivity index (χ3v) is 2.49. The summed E-state index contributed by atoms with van der Waals surface area (Å²) in [6, 6.07) is 0. The highest BCUT2D eigenvalue weighted by atomic mass is 16.4. The van der Waals surface area contributed by atoms with E-state index in [1.807, 2.05) is 0 Å². The summed E-state index contributed by atoms with van der Waals surface area (Å²) < 4.78 is 0. The van der Waals surface area contributed by atoms with Crippen LogP contribution in [0.15, 0.2) is 0 Å². The van der Waals surface area contributed by atoms with Crippen molar-refractivity contribution in [3.63, 3.8) is 0 Å². The van der Waals surface area contributed by atoms with Crippen LogP contribution in [0.5, 0.6) is 0 Å². The number of aliphatic carboxylic acids is 1. The van der Waals surface area contributed by atoms with E-state index in [2.05, 4.69) is 12.6 Å². The molecule has 0 unspecified atom stereocenters. The monoisotopic (exact) mass is 261 g/mol. The average Bonchev–Trinajstić information content (AvgIpc) is 2.26. The molecule has 5 N–H and O–H groups in total. The highest BCUT2D eigenvalue weighted by Gasteiger charge is 1.96. The number of hydrogen-bond donors (Lipinski definition) is 4. The van der Waals surface area contributed by atoms with Gasteiger partial charge in [-0.2, -0.15) is 0 Å². The van der Waals surface area contributed by atoms with Crippen LogP contribution in [0.25, 0.3) is 0 Å². The van der Waals surface area contributed by atoms with E-state index in [0.29, 0.717) is 6.42 Å². The summed E-state index contributed by atoms with van der Waals surface area (Å²) in [4.78, 5) is 10.2. The van der Waals surface area contributed by atoms with Gasteiger partial charge >= 0.3 is 13.2 Å². The Labute approximate surface area is 111 Å². The van der Waals surface area contributed by atoms with Crippen LogP contribution in [0.1, 0.15) is 71.1 Å². The Bertz CT molecular complexity index is 177. The molecule has 0 aliphatic carbocycles. The number of carboxylic acids is 1. The van der Waals surface area contributed by atoms with Gasteiger partial charge in [-0.05, 0) is 6.42 Å². The third kappa shape index (κ3) is 29.5. The fourth-order valence-corrected chi connectivity index (χ4v) is 1.59. The summed E-state index contributed by atoms with van der Waals surface area (Å²) in [5.74, 6) is -0.659. The molecule has 0 bridgehead atoms. The van der Waals surface area contributed by atoms with E-state index in [0.717, 1.165) is 12.8 Å². The average molecular weight is 261 g/mol. The van der Waals surface area contributed by atoms with Gasteiger partial charge in [-0.3, -0.25) is 4.79 Å². The van der Waals surface area contributed by atoms with Crippen molar-refractivity contribution in [1.82, 2.24) is 0 Å². The first-order chi connectivity index (χ1) is 8.50. The molecule has 6 heteroatoms. The van der Waals surface area contributed by atoms with E-state index in [1.54, 1.807) is 0 Å². The number of carbonyl (C=O) groups is 1. The summed E-state index contributed by atoms with van der Waals surface area (Å²) in [5.41, 5.74) is 4.22. The van der Waals surface area contributed by atoms with E-state index >= 15 is 0 Å². The highest BCUT2D eigenvalue weighted by molar-refractivity contribution is 6.36. The van der Waals surface area contributed by atoms with Crippen LogP contribution in [0, 0.1) is 0 Å². The van der Waals surface area contributed by atoms with Crippen molar-refractivity contribution in [3.05, 3.63) is 0 Å². The Kier molecular flexibility index (Phi) is 18.0. The van der Waals surface area contributed by atoms with Crippen molar-refractivity contribution in [1.29, 1.82) is 0 Å². The summed E-state index contributed by atoms with van der Waals surface area (Å²) in [7, 11) is -1.67. The number of rotatable bonds is 10. The van der Waals surface area contributed by atoms with E-state index in [4.69, 9.17) is 15.2 Å². The lowest BCUT2D eigenvalue weighted by Gasteiger charge is -2.00. The lowest BCUT2D eigenvalue weighted by atomic mass is 10.1. The zero-order valence-corrected chi connectivity index (χ0v) is 11.5. The predicted octanol–water partition coefficient (Wildman–Crippen LogP) is 1.91. The Morgan fingerprint density at radius 3 is 1.61 bits per heavy atom. The van der Waals surface area contributed by atoms with Crippen molar-refractivity contribution < 1.29 is 19.9 Å². The van der Waals surface area contributed by atoms with Gasteiger partial charge in [0.05, 0.1) is 0 Å². The molecule has 0 amide bonds. The van der Waals surface area contributed by atoms with Gasteiger partial charge in [0.15, 0.2) is 0 Å². The van der Waals surface area contributed by atoms with Gasteiger partial charge in [0.2, 0.25) is 0 Å². The van der Waals surface area contributed by atoms with E-state index in [9.17, 15) is 4.79 Å². The molecule has 0 aromatic rings. The van der Waals surface area contributed by atoms with Crippen molar-refractivity contribution >= 4 is 13.2 Å². The van der Waals surface area contributed by atoms with E-state index in [1.165, 1.54) is 44.9 Å². The number of hydrogen-bond acceptors (Lipinski definition) is 4. The smallest absolute Gasteiger partial charge is 0.481 e. The molecule has 0 fully saturated rings. The topological polar surface area (TPSA) is 104 Å². The molecule has 0 spiro atoms. The van der Waals surface area contributed by atoms with Crippen LogP contribution >= 0.6 is 0 Å². The number of carboxylic acid groups (broad SMARTS) is 1. The molecule has 0 heterocycles. The molecule has 5 nitrogen and oxygen atoms in total. The minimum absolute atomic E-state index is 0.343. The van der Waals surface area contributed by atoms with Crippen molar-refractivity contribution in [2.45, 2.75) is 71.1 Å². The second-order valence-electron chi connectivity index (χ2n) is 4.39. The van der Waals surface area contributed by atoms with Crippen LogP contribution in [0.4, 0.5) is 0 Å². The zero-order valence-electron chi connectivity index (χ0n) is 11.5. The van der Waals surface area contributed by atoms with Crippen molar-refractivity contribution in [3.8, 4) is 0 Å². The maximum atomic E-state index is 10.2. The summed E-state index contributed by atoms with van der Waals surface area (Å²) >= 11 is 0. The maximum Gasteiger partial charge on any atom is 0.546 e. The molecule has 0 aliphatic rings. The number of nitrogens with two attached hydrogens (primary N) is 1. The van der Waals surface area contributed by atoms with Crippen LogP contribution in [-0.4, -0.2) is 28.4 Å². The van der Waals surface area contributed by atoms with Crippen molar-refractivity contribution in [2.24, 2.45) is 5.64 Å². The second-order valence-corrected chi connectivity index (χ2v) is 4.39. The molecule has 0 rings (SSSR count). The Morgan fingerprint density at radius 2 is 1.28 bits per heavy atom. The summed E-state index contributed by atoms with van der Waals surface area (Å²) in [6.45, 7) is 2.23. The molecular formula is C12H28BNO4. The van der Waals surface area contributed by atoms with Crippen LogP contribution in [0.3, 0.4) is 0 Å². The van der Waals surface area contributed by atoms with Gasteiger partial charge < -0.3 is 20.8 Å². The molecule has 0 atom stereocenters. The minimum atomic E-state index is -1.67. The summed E-state index contributed by atoms with van der Waals surface area (Å²) in [5, 5.41) is 23.2. The third-order valence-electron chi connectivity index (χ3n) is 2.49. The van der Waals surface area contributed by atoms with Crippen molar-refractivity contribution in [2.75, 3.05) is 0 Å². The first-order valence-corrected chi connectivity index (χ1v) is 6.84. The maximum absolute atomic E-state index is 10.2. The van der Waals surface area contributed by atoms with Gasteiger partial charge in [-0.25, -0.2) is 0 Å². The van der Waals surface area contributed by atoms with Gasteiger partial charge in [0, 0.05) is 6.42 Å². The predicted molar refractivity (Wildman–Crippen MR) is 73.9 cm³/mol. The molecule has 108 valence electrons. The quantitative estimate of drug-likeness (QED) is 0.355. The first kappa shape index (κ1) is 19.7. The first-order valence-electron chi connectivity index (χ1n) is 6.84. The van der Waals surface area contributed by atoms with Gasteiger partial charge in [0.1, 0.15) is 0 Å². The molecule has 0 aliphatic heterocycles. The molecular weight excluding hydrogens is 233 g/mol. The van der Waals surface area contributed by atoms with Crippen LogP contribution in [0.2, 0.25) is 0 Å². The van der Waals surface area contributed by atoms with Gasteiger partial charge in [-0.15, -0.1) is 0 Å². The van der Waals surface area contributed by atoms with Crippen LogP contribution in [-0.2, 0) is 4.79 Å². The fourth-order valence-electron chi connectivity index (χ4n) is 1.59. The molecule has 0 saturated heterocycles. The van der Waals surface area contributed by atoms with Crippen LogP contribution < -0.4 is 5.64 Å². The lowest BCUT2D eigenvalue weighted by Crippen LogP contribution is -2.23.